The first-order chi connectivity index (χ1) is 10.6. The summed E-state index contributed by atoms with van der Waals surface area (Å²) in [5.74, 6) is 0. The molecule has 0 aromatic carbocycles. The zero-order valence-corrected chi connectivity index (χ0v) is 15.6. The molecular formula is C17H37N3O3. The van der Waals surface area contributed by atoms with E-state index in [2.05, 4.69) is 44.5 Å². The zero-order valence-electron chi connectivity index (χ0n) is 15.6. The van der Waals surface area contributed by atoms with Crippen molar-refractivity contribution in [3.05, 3.63) is 0 Å². The van der Waals surface area contributed by atoms with Crippen molar-refractivity contribution in [2.75, 3.05) is 46.4 Å². The van der Waals surface area contributed by atoms with Crippen molar-refractivity contribution in [2.45, 2.75) is 64.1 Å². The lowest BCUT2D eigenvalue weighted by Crippen LogP contribution is -2.62. The Morgan fingerprint density at radius 3 is 1.83 bits per heavy atom. The number of hydroxylamine groups is 2. The predicted molar refractivity (Wildman–Crippen MR) is 92.7 cm³/mol. The second kappa shape index (κ2) is 8.74. The minimum absolute atomic E-state index is 0.132. The number of nitrogens with zero attached hydrogens (tertiary/aromatic N) is 3. The zero-order chi connectivity index (χ0) is 17.7. The van der Waals surface area contributed by atoms with Crippen LogP contribution in [0.3, 0.4) is 0 Å². The molecule has 1 aliphatic rings. The van der Waals surface area contributed by atoms with Gasteiger partial charge in [0.2, 0.25) is 0 Å². The van der Waals surface area contributed by atoms with E-state index in [-0.39, 0.29) is 24.3 Å². The SMILES string of the molecule is CN(CCCN(CCO)CCO)C1CC(C)(C)N(O)C(C)(C)C1. The molecule has 0 aliphatic carbocycles. The van der Waals surface area contributed by atoms with Gasteiger partial charge in [-0.25, -0.2) is 0 Å². The Balaban J connectivity index is 2.49. The third kappa shape index (κ3) is 5.96. The Hall–Kier alpha value is -0.240. The molecule has 0 bridgehead atoms. The first-order valence-electron chi connectivity index (χ1n) is 8.77. The molecule has 1 fully saturated rings. The third-order valence-electron chi connectivity index (χ3n) is 5.06. The van der Waals surface area contributed by atoms with Gasteiger partial charge in [0.1, 0.15) is 0 Å². The molecule has 1 heterocycles. The molecule has 0 aromatic heterocycles. The normalized spacial score (nSPS) is 22.2. The summed E-state index contributed by atoms with van der Waals surface area (Å²) < 4.78 is 0. The molecule has 138 valence electrons. The van der Waals surface area contributed by atoms with Gasteiger partial charge in [-0.15, -0.1) is 0 Å². The highest BCUT2D eigenvalue weighted by atomic mass is 16.5. The van der Waals surface area contributed by atoms with Crippen molar-refractivity contribution in [2.24, 2.45) is 0 Å². The summed E-state index contributed by atoms with van der Waals surface area (Å²) in [6, 6.07) is 0.451. The van der Waals surface area contributed by atoms with Crippen molar-refractivity contribution in [1.82, 2.24) is 14.9 Å². The number of rotatable bonds is 9. The van der Waals surface area contributed by atoms with Crippen LogP contribution in [0.15, 0.2) is 0 Å². The Kier molecular flexibility index (Phi) is 7.90. The monoisotopic (exact) mass is 331 g/mol. The first-order valence-corrected chi connectivity index (χ1v) is 8.77. The van der Waals surface area contributed by atoms with Crippen LogP contribution in [0, 0.1) is 0 Å². The highest BCUT2D eigenvalue weighted by Gasteiger charge is 2.45. The lowest BCUT2D eigenvalue weighted by Gasteiger charge is -2.53. The van der Waals surface area contributed by atoms with Crippen LogP contribution in [0.4, 0.5) is 0 Å². The average Bonchev–Trinajstić information content (AvgIpc) is 2.44. The predicted octanol–water partition coefficient (Wildman–Crippen LogP) is 1.01. The maximum Gasteiger partial charge on any atom is 0.0558 e. The van der Waals surface area contributed by atoms with Gasteiger partial charge in [0.05, 0.1) is 13.2 Å². The molecule has 0 spiro atoms. The third-order valence-corrected chi connectivity index (χ3v) is 5.06. The molecule has 0 radical (unpaired) electrons. The quantitative estimate of drug-likeness (QED) is 0.586. The van der Waals surface area contributed by atoms with E-state index in [0.29, 0.717) is 19.1 Å². The van der Waals surface area contributed by atoms with Crippen LogP contribution in [0.2, 0.25) is 0 Å². The topological polar surface area (TPSA) is 70.4 Å². The van der Waals surface area contributed by atoms with Gasteiger partial charge in [-0.3, -0.25) is 4.90 Å². The minimum Gasteiger partial charge on any atom is -0.395 e. The van der Waals surface area contributed by atoms with Gasteiger partial charge >= 0.3 is 0 Å². The van der Waals surface area contributed by atoms with Crippen LogP contribution >= 0.6 is 0 Å². The van der Waals surface area contributed by atoms with Gasteiger partial charge < -0.3 is 20.3 Å². The van der Waals surface area contributed by atoms with Gasteiger partial charge in [-0.05, 0) is 67.1 Å². The summed E-state index contributed by atoms with van der Waals surface area (Å²) in [5.41, 5.74) is -0.443. The van der Waals surface area contributed by atoms with Crippen LogP contribution < -0.4 is 0 Å². The highest BCUT2D eigenvalue weighted by molar-refractivity contribution is 4.98. The van der Waals surface area contributed by atoms with E-state index in [4.69, 9.17) is 10.2 Å². The van der Waals surface area contributed by atoms with Crippen molar-refractivity contribution < 1.29 is 15.4 Å². The second-order valence-corrected chi connectivity index (χ2v) is 8.12. The Bertz CT molecular complexity index is 326. The lowest BCUT2D eigenvalue weighted by molar-refractivity contribution is -0.251. The number of hydrogen-bond donors (Lipinski definition) is 3. The van der Waals surface area contributed by atoms with Crippen LogP contribution in [0.1, 0.15) is 47.0 Å². The Labute approximate surface area is 141 Å². The van der Waals surface area contributed by atoms with E-state index in [0.717, 1.165) is 32.4 Å². The van der Waals surface area contributed by atoms with Gasteiger partial charge in [-0.1, -0.05) is 0 Å². The van der Waals surface area contributed by atoms with Crippen molar-refractivity contribution in [3.8, 4) is 0 Å². The molecule has 6 heteroatoms. The van der Waals surface area contributed by atoms with E-state index < -0.39 is 0 Å². The summed E-state index contributed by atoms with van der Waals surface area (Å²) >= 11 is 0. The van der Waals surface area contributed by atoms with E-state index in [1.807, 2.05) is 0 Å². The minimum atomic E-state index is -0.222. The highest BCUT2D eigenvalue weighted by Crippen LogP contribution is 2.38. The molecular weight excluding hydrogens is 294 g/mol. The van der Waals surface area contributed by atoms with Gasteiger partial charge in [-0.2, -0.15) is 5.06 Å². The van der Waals surface area contributed by atoms with E-state index in [1.54, 1.807) is 0 Å². The van der Waals surface area contributed by atoms with E-state index in [9.17, 15) is 5.21 Å². The standard InChI is InChI=1S/C17H37N3O3/c1-16(2)13-15(14-17(3,4)20(16)23)18(5)7-6-8-19(9-11-21)10-12-22/h15,21-23H,6-14H2,1-5H3. The number of hydrogen-bond acceptors (Lipinski definition) is 6. The van der Waals surface area contributed by atoms with Crippen LogP contribution in [0.25, 0.3) is 0 Å². The van der Waals surface area contributed by atoms with E-state index >= 15 is 0 Å². The average molecular weight is 332 g/mol. The van der Waals surface area contributed by atoms with Gasteiger partial charge in [0.15, 0.2) is 0 Å². The second-order valence-electron chi connectivity index (χ2n) is 8.12. The molecule has 23 heavy (non-hydrogen) atoms. The van der Waals surface area contributed by atoms with Crippen LogP contribution in [-0.2, 0) is 0 Å². The van der Waals surface area contributed by atoms with E-state index in [1.165, 1.54) is 5.06 Å². The summed E-state index contributed by atoms with van der Waals surface area (Å²) in [5, 5.41) is 30.0. The molecule has 0 atom stereocenters. The molecule has 1 saturated heterocycles. The summed E-state index contributed by atoms with van der Waals surface area (Å²) in [6.07, 6.45) is 2.90. The maximum absolute atomic E-state index is 10.4. The Morgan fingerprint density at radius 1 is 0.913 bits per heavy atom. The van der Waals surface area contributed by atoms with Crippen LogP contribution in [0.5, 0.6) is 0 Å². The largest absolute Gasteiger partial charge is 0.395 e. The molecule has 3 N–H and O–H groups in total. The molecule has 1 rings (SSSR count). The molecule has 0 unspecified atom stereocenters. The fraction of sp³-hybridized carbons (Fsp3) is 1.00. The van der Waals surface area contributed by atoms with Crippen molar-refractivity contribution in [1.29, 1.82) is 0 Å². The smallest absolute Gasteiger partial charge is 0.0558 e. The number of aliphatic hydroxyl groups excluding tert-OH is 2. The summed E-state index contributed by atoms with van der Waals surface area (Å²) in [7, 11) is 2.16. The fourth-order valence-electron chi connectivity index (χ4n) is 3.87. The molecule has 1 aliphatic heterocycles. The van der Waals surface area contributed by atoms with Crippen molar-refractivity contribution in [3.63, 3.8) is 0 Å². The molecule has 0 saturated carbocycles. The number of piperidine rings is 1. The summed E-state index contributed by atoms with van der Waals surface area (Å²) in [4.78, 5) is 4.49. The van der Waals surface area contributed by atoms with Crippen molar-refractivity contribution >= 4 is 0 Å². The molecule has 0 aromatic rings. The first kappa shape index (κ1) is 20.8. The van der Waals surface area contributed by atoms with Gasteiger partial charge in [0, 0.05) is 30.2 Å². The molecule has 6 nitrogen and oxygen atoms in total. The number of aliphatic hydroxyl groups is 2. The molecule has 0 amide bonds. The van der Waals surface area contributed by atoms with Gasteiger partial charge in [0.25, 0.3) is 0 Å². The lowest BCUT2D eigenvalue weighted by atomic mass is 9.78. The maximum atomic E-state index is 10.4. The summed E-state index contributed by atoms with van der Waals surface area (Å²) in [6.45, 7) is 11.8. The fourth-order valence-corrected chi connectivity index (χ4v) is 3.87. The Morgan fingerprint density at radius 2 is 1.39 bits per heavy atom. The van der Waals surface area contributed by atoms with Crippen LogP contribution in [-0.4, -0.2) is 93.8 Å².